The van der Waals surface area contributed by atoms with Crippen molar-refractivity contribution in [3.05, 3.63) is 102 Å². The summed E-state index contributed by atoms with van der Waals surface area (Å²) >= 11 is 0. The van der Waals surface area contributed by atoms with Crippen molar-refractivity contribution in [1.82, 2.24) is 9.13 Å². The Kier molecular flexibility index (Phi) is 4.71. The molecule has 2 aromatic heterocycles. The van der Waals surface area contributed by atoms with Gasteiger partial charge in [-0.3, -0.25) is 4.79 Å². The van der Waals surface area contributed by atoms with Crippen LogP contribution in [0.25, 0.3) is 10.9 Å². The Morgan fingerprint density at radius 2 is 1.67 bits per heavy atom. The normalized spacial score (nSPS) is 11.8. The summed E-state index contributed by atoms with van der Waals surface area (Å²) in [6.07, 6.45) is 4.26. The van der Waals surface area contributed by atoms with Gasteiger partial charge in [0.25, 0.3) is 5.91 Å². The van der Waals surface area contributed by atoms with E-state index in [1.165, 1.54) is 5.56 Å². The largest absolute Gasteiger partial charge is 0.350 e. The first-order valence-electron chi connectivity index (χ1n) is 9.00. The van der Waals surface area contributed by atoms with E-state index in [0.717, 1.165) is 16.5 Å². The van der Waals surface area contributed by atoms with Gasteiger partial charge in [0.05, 0.1) is 6.42 Å². The molecule has 0 saturated heterocycles. The van der Waals surface area contributed by atoms with Gasteiger partial charge in [-0.2, -0.15) is 4.99 Å². The van der Waals surface area contributed by atoms with E-state index in [4.69, 9.17) is 0 Å². The van der Waals surface area contributed by atoms with E-state index in [0.29, 0.717) is 18.5 Å². The smallest absolute Gasteiger partial charge is 0.252 e. The Labute approximate surface area is 158 Å². The maximum atomic E-state index is 12.7. The number of nitrogens with zero attached hydrogens (tertiary/aromatic N) is 3. The van der Waals surface area contributed by atoms with Crippen LogP contribution in [0.5, 0.6) is 0 Å². The number of benzene rings is 2. The van der Waals surface area contributed by atoms with Crippen molar-refractivity contribution in [2.24, 2.45) is 12.0 Å². The third-order valence-electron chi connectivity index (χ3n) is 4.67. The maximum Gasteiger partial charge on any atom is 0.252 e. The quantitative estimate of drug-likeness (QED) is 0.550. The van der Waals surface area contributed by atoms with E-state index in [1.807, 2.05) is 72.5 Å². The van der Waals surface area contributed by atoms with Gasteiger partial charge in [-0.25, -0.2) is 0 Å². The van der Waals surface area contributed by atoms with Crippen molar-refractivity contribution >= 4 is 16.8 Å². The lowest BCUT2D eigenvalue weighted by atomic mass is 10.1. The second kappa shape index (κ2) is 7.46. The molecule has 2 aromatic carbocycles. The van der Waals surface area contributed by atoms with Crippen molar-refractivity contribution in [1.29, 1.82) is 0 Å². The number of para-hydroxylation sites is 1. The average molecular weight is 355 g/mol. The Morgan fingerprint density at radius 1 is 0.926 bits per heavy atom. The molecule has 0 aliphatic rings. The molecule has 0 saturated carbocycles. The summed E-state index contributed by atoms with van der Waals surface area (Å²) in [5.41, 5.74) is 3.98. The number of fused-ring (bicyclic) bond motifs is 1. The fraction of sp³-hybridized carbons (Fsp3) is 0.130. The first-order valence-corrected chi connectivity index (χ1v) is 9.00. The minimum Gasteiger partial charge on any atom is -0.350 e. The molecular weight excluding hydrogens is 334 g/mol. The number of pyridine rings is 1. The van der Waals surface area contributed by atoms with Gasteiger partial charge in [-0.15, -0.1) is 0 Å². The highest BCUT2D eigenvalue weighted by molar-refractivity contribution is 5.89. The number of aromatic nitrogens is 2. The number of hydrogen-bond donors (Lipinski definition) is 0. The Hall–Kier alpha value is -3.40. The number of aryl methyl sites for hydroxylation is 1. The van der Waals surface area contributed by atoms with Crippen LogP contribution in [0.1, 0.15) is 11.1 Å². The van der Waals surface area contributed by atoms with E-state index in [-0.39, 0.29) is 5.91 Å². The van der Waals surface area contributed by atoms with E-state index < -0.39 is 0 Å². The summed E-state index contributed by atoms with van der Waals surface area (Å²) < 4.78 is 4.05. The molecule has 0 fully saturated rings. The highest BCUT2D eigenvalue weighted by Crippen LogP contribution is 2.20. The monoisotopic (exact) mass is 355 g/mol. The molecule has 0 spiro atoms. The third-order valence-corrected chi connectivity index (χ3v) is 4.67. The predicted octanol–water partition coefficient (Wildman–Crippen LogP) is 3.70. The summed E-state index contributed by atoms with van der Waals surface area (Å²) in [6.45, 7) is 0.683. The van der Waals surface area contributed by atoms with Crippen molar-refractivity contribution in [2.75, 3.05) is 0 Å². The van der Waals surface area contributed by atoms with E-state index in [9.17, 15) is 4.79 Å². The summed E-state index contributed by atoms with van der Waals surface area (Å²) in [5, 5.41) is 1.11. The summed E-state index contributed by atoms with van der Waals surface area (Å²) in [5.74, 6) is -0.139. The Bertz CT molecular complexity index is 1150. The van der Waals surface area contributed by atoms with Gasteiger partial charge in [0.1, 0.15) is 5.49 Å². The fourth-order valence-electron chi connectivity index (χ4n) is 3.38. The zero-order valence-electron chi connectivity index (χ0n) is 15.2. The second-order valence-corrected chi connectivity index (χ2v) is 6.64. The number of rotatable bonds is 4. The maximum absolute atomic E-state index is 12.7. The molecule has 2 heterocycles. The molecule has 0 unspecified atom stereocenters. The summed E-state index contributed by atoms with van der Waals surface area (Å²) in [7, 11) is 2.00. The van der Waals surface area contributed by atoms with Gasteiger partial charge in [-0.05, 0) is 29.3 Å². The molecule has 4 heteroatoms. The van der Waals surface area contributed by atoms with E-state index >= 15 is 0 Å². The highest BCUT2D eigenvalue weighted by Gasteiger charge is 2.10. The van der Waals surface area contributed by atoms with Crippen LogP contribution >= 0.6 is 0 Å². The van der Waals surface area contributed by atoms with Crippen LogP contribution in [-0.2, 0) is 24.8 Å². The number of carbonyl (C=O) groups is 1. The van der Waals surface area contributed by atoms with E-state index in [1.54, 1.807) is 0 Å². The van der Waals surface area contributed by atoms with Crippen LogP contribution < -0.4 is 5.49 Å². The van der Waals surface area contributed by atoms with Crippen LogP contribution in [-0.4, -0.2) is 15.0 Å². The van der Waals surface area contributed by atoms with Gasteiger partial charge in [0.15, 0.2) is 0 Å². The number of amides is 1. The molecule has 4 aromatic rings. The first kappa shape index (κ1) is 17.0. The molecule has 27 heavy (non-hydrogen) atoms. The molecule has 0 aliphatic heterocycles. The van der Waals surface area contributed by atoms with Gasteiger partial charge in [0, 0.05) is 36.9 Å². The fourth-order valence-corrected chi connectivity index (χ4v) is 3.38. The van der Waals surface area contributed by atoms with Crippen LogP contribution in [0.15, 0.2) is 90.2 Å². The minimum atomic E-state index is -0.139. The molecule has 0 atom stereocenters. The molecule has 4 rings (SSSR count). The molecule has 0 N–H and O–H groups in total. The Balaban J connectivity index is 1.63. The highest BCUT2D eigenvalue weighted by atomic mass is 16.1. The third kappa shape index (κ3) is 3.75. The van der Waals surface area contributed by atoms with Crippen molar-refractivity contribution in [3.63, 3.8) is 0 Å². The lowest BCUT2D eigenvalue weighted by Crippen LogP contribution is -2.22. The van der Waals surface area contributed by atoms with Gasteiger partial charge in [0.2, 0.25) is 0 Å². The molecule has 4 nitrogen and oxygen atoms in total. The molecule has 0 bridgehead atoms. The molecule has 134 valence electrons. The van der Waals surface area contributed by atoms with Crippen LogP contribution in [0, 0.1) is 0 Å². The van der Waals surface area contributed by atoms with Crippen LogP contribution in [0.2, 0.25) is 0 Å². The van der Waals surface area contributed by atoms with Crippen molar-refractivity contribution < 1.29 is 4.79 Å². The Morgan fingerprint density at radius 3 is 2.52 bits per heavy atom. The van der Waals surface area contributed by atoms with Gasteiger partial charge < -0.3 is 9.13 Å². The second-order valence-electron chi connectivity index (χ2n) is 6.64. The van der Waals surface area contributed by atoms with E-state index in [2.05, 4.69) is 33.8 Å². The SMILES string of the molecule is Cn1cc(CC(=O)N=c2ccccn2Cc2ccccc2)c2ccccc21. The molecule has 0 aliphatic carbocycles. The zero-order chi connectivity index (χ0) is 18.6. The van der Waals surface area contributed by atoms with Crippen LogP contribution in [0.4, 0.5) is 0 Å². The lowest BCUT2D eigenvalue weighted by Gasteiger charge is -2.07. The molecular formula is C23H21N3O. The molecule has 1 amide bonds. The number of carbonyl (C=O) groups excluding carboxylic acids is 1. The van der Waals surface area contributed by atoms with Crippen molar-refractivity contribution in [2.45, 2.75) is 13.0 Å². The van der Waals surface area contributed by atoms with Crippen LogP contribution in [0.3, 0.4) is 0 Å². The lowest BCUT2D eigenvalue weighted by molar-refractivity contribution is -0.117. The first-order chi connectivity index (χ1) is 13.2. The van der Waals surface area contributed by atoms with Gasteiger partial charge >= 0.3 is 0 Å². The zero-order valence-corrected chi connectivity index (χ0v) is 15.2. The average Bonchev–Trinajstić information content (AvgIpc) is 3.00. The summed E-state index contributed by atoms with van der Waals surface area (Å²) in [4.78, 5) is 17.0. The standard InChI is InChI=1S/C23H21N3O/c1-25-17-19(20-11-5-6-12-21(20)25)15-23(27)24-22-13-7-8-14-26(22)16-18-9-3-2-4-10-18/h2-14,17H,15-16H2,1H3. The minimum absolute atomic E-state index is 0.139. The number of hydrogen-bond acceptors (Lipinski definition) is 1. The summed E-state index contributed by atoms with van der Waals surface area (Å²) in [6, 6.07) is 24.0. The molecule has 0 radical (unpaired) electrons. The van der Waals surface area contributed by atoms with Gasteiger partial charge in [-0.1, -0.05) is 54.6 Å². The predicted molar refractivity (Wildman–Crippen MR) is 107 cm³/mol. The van der Waals surface area contributed by atoms with Crippen molar-refractivity contribution in [3.8, 4) is 0 Å². The topological polar surface area (TPSA) is 39.3 Å².